The average Bonchev–Trinajstić information content (AvgIpc) is 3.09. The van der Waals surface area contributed by atoms with Gasteiger partial charge in [0.15, 0.2) is 11.4 Å². The van der Waals surface area contributed by atoms with E-state index in [0.717, 1.165) is 22.4 Å². The molecule has 0 radical (unpaired) electrons. The number of carbonyl (C=O) groups excluding carboxylic acids is 1. The van der Waals surface area contributed by atoms with Gasteiger partial charge in [0.05, 0.1) is 0 Å². The number of rotatable bonds is 5. The maximum absolute atomic E-state index is 12.3. The summed E-state index contributed by atoms with van der Waals surface area (Å²) in [4.78, 5) is 16.7. The first-order valence-corrected chi connectivity index (χ1v) is 8.76. The van der Waals surface area contributed by atoms with Crippen LogP contribution in [0.1, 0.15) is 15.9 Å². The van der Waals surface area contributed by atoms with Crippen molar-refractivity contribution in [2.75, 3.05) is 5.32 Å². The van der Waals surface area contributed by atoms with E-state index in [-0.39, 0.29) is 5.78 Å². The largest absolute Gasteiger partial charge is 0.423 e. The number of carbonyl (C=O) groups is 1. The summed E-state index contributed by atoms with van der Waals surface area (Å²) >= 11 is 5.95. The molecular weight excluding hydrogens is 360 g/mol. The van der Waals surface area contributed by atoms with Gasteiger partial charge >= 0.3 is 0 Å². The molecule has 1 N–H and O–H groups in total. The molecule has 0 unspecified atom stereocenters. The summed E-state index contributed by atoms with van der Waals surface area (Å²) in [5.74, 6) is -0.0802. The molecule has 0 fully saturated rings. The van der Waals surface area contributed by atoms with Crippen molar-refractivity contribution >= 4 is 46.3 Å². The molecule has 0 aliphatic carbocycles. The molecule has 132 valence electrons. The predicted octanol–water partition coefficient (Wildman–Crippen LogP) is 6.12. The second-order valence-electron chi connectivity index (χ2n) is 5.94. The molecule has 3 aromatic carbocycles. The monoisotopic (exact) mass is 374 g/mol. The molecule has 1 aromatic heterocycles. The number of ketones is 1. The molecule has 4 nitrogen and oxygen atoms in total. The smallest absolute Gasteiger partial charge is 0.300 e. The number of allylic oxidation sites excluding steroid dienone is 1. The van der Waals surface area contributed by atoms with Gasteiger partial charge in [-0.1, -0.05) is 41.9 Å². The number of benzene rings is 3. The van der Waals surface area contributed by atoms with Crippen LogP contribution in [0.4, 0.5) is 11.7 Å². The molecule has 0 saturated heterocycles. The maximum Gasteiger partial charge on any atom is 0.300 e. The van der Waals surface area contributed by atoms with Crippen molar-refractivity contribution in [2.45, 2.75) is 0 Å². The van der Waals surface area contributed by atoms with Crippen LogP contribution in [0, 0.1) is 0 Å². The number of hydrogen-bond acceptors (Lipinski definition) is 4. The average molecular weight is 375 g/mol. The molecule has 27 heavy (non-hydrogen) atoms. The predicted molar refractivity (Wildman–Crippen MR) is 109 cm³/mol. The first kappa shape index (κ1) is 17.1. The topological polar surface area (TPSA) is 55.1 Å². The number of nitrogens with one attached hydrogen (secondary N) is 1. The summed E-state index contributed by atoms with van der Waals surface area (Å²) in [5.41, 5.74) is 3.77. The van der Waals surface area contributed by atoms with Crippen LogP contribution in [-0.2, 0) is 0 Å². The van der Waals surface area contributed by atoms with E-state index in [1.54, 1.807) is 30.3 Å². The van der Waals surface area contributed by atoms with Crippen molar-refractivity contribution < 1.29 is 9.21 Å². The van der Waals surface area contributed by atoms with E-state index in [0.29, 0.717) is 16.6 Å². The van der Waals surface area contributed by atoms with Gasteiger partial charge < -0.3 is 9.73 Å². The molecule has 0 bridgehead atoms. The maximum atomic E-state index is 12.3. The first-order valence-electron chi connectivity index (χ1n) is 8.38. The Morgan fingerprint density at radius 3 is 2.59 bits per heavy atom. The van der Waals surface area contributed by atoms with Gasteiger partial charge in [-0.2, -0.15) is 4.98 Å². The van der Waals surface area contributed by atoms with Crippen LogP contribution in [-0.4, -0.2) is 10.8 Å². The summed E-state index contributed by atoms with van der Waals surface area (Å²) in [7, 11) is 0. The molecular formula is C22H15ClN2O2. The molecule has 0 aliphatic heterocycles. The lowest BCUT2D eigenvalue weighted by Gasteiger charge is -2.02. The van der Waals surface area contributed by atoms with Crippen molar-refractivity contribution in [2.24, 2.45) is 0 Å². The Kier molecular flexibility index (Phi) is 4.73. The normalized spacial score (nSPS) is 11.1. The lowest BCUT2D eigenvalue weighted by atomic mass is 10.1. The number of anilines is 2. The van der Waals surface area contributed by atoms with Crippen LogP contribution in [0.15, 0.2) is 83.3 Å². The lowest BCUT2D eigenvalue weighted by molar-refractivity contribution is 0.104. The van der Waals surface area contributed by atoms with Gasteiger partial charge in [0.25, 0.3) is 6.01 Å². The number of aromatic nitrogens is 1. The lowest BCUT2D eigenvalue weighted by Crippen LogP contribution is -1.95. The Morgan fingerprint density at radius 1 is 1.00 bits per heavy atom. The Morgan fingerprint density at radius 2 is 1.81 bits per heavy atom. The summed E-state index contributed by atoms with van der Waals surface area (Å²) in [6.45, 7) is 0. The van der Waals surface area contributed by atoms with Gasteiger partial charge in [-0.25, -0.2) is 0 Å². The fourth-order valence-electron chi connectivity index (χ4n) is 2.65. The highest BCUT2D eigenvalue weighted by Crippen LogP contribution is 2.22. The van der Waals surface area contributed by atoms with Crippen LogP contribution < -0.4 is 5.32 Å². The summed E-state index contributed by atoms with van der Waals surface area (Å²) in [5, 5.41) is 3.74. The van der Waals surface area contributed by atoms with E-state index in [1.165, 1.54) is 6.08 Å². The molecule has 4 rings (SSSR count). The molecule has 1 heterocycles. The molecule has 5 heteroatoms. The number of halogens is 1. The molecule has 0 atom stereocenters. The van der Waals surface area contributed by atoms with Crippen LogP contribution >= 0.6 is 11.6 Å². The number of fused-ring (bicyclic) bond motifs is 1. The van der Waals surface area contributed by atoms with Crippen LogP contribution in [0.5, 0.6) is 0 Å². The van der Waals surface area contributed by atoms with E-state index in [4.69, 9.17) is 16.0 Å². The highest BCUT2D eigenvalue weighted by Gasteiger charge is 2.06. The minimum Gasteiger partial charge on any atom is -0.423 e. The van der Waals surface area contributed by atoms with Crippen molar-refractivity contribution in [1.29, 1.82) is 0 Å². The third-order valence-electron chi connectivity index (χ3n) is 3.99. The molecule has 0 saturated carbocycles. The number of oxazole rings is 1. The second-order valence-corrected chi connectivity index (χ2v) is 6.38. The van der Waals surface area contributed by atoms with Gasteiger partial charge in [-0.05, 0) is 60.2 Å². The zero-order chi connectivity index (χ0) is 18.6. The third kappa shape index (κ3) is 4.07. The molecule has 0 amide bonds. The van der Waals surface area contributed by atoms with Crippen molar-refractivity contribution in [1.82, 2.24) is 4.98 Å². The minimum atomic E-state index is -0.0802. The first-order chi connectivity index (χ1) is 13.2. The third-order valence-corrected chi connectivity index (χ3v) is 4.23. The Hall–Kier alpha value is -3.37. The standard InChI is InChI=1S/C22H15ClN2O2/c23-17-5-3-4-15(14-17)8-13-20(26)16-9-11-18(12-10-16)24-22-25-19-6-1-2-7-21(19)27-22/h1-14H,(H,24,25)/b13-8+. The van der Waals surface area contributed by atoms with Crippen LogP contribution in [0.25, 0.3) is 17.2 Å². The Bertz CT molecular complexity index is 1100. The zero-order valence-electron chi connectivity index (χ0n) is 14.2. The SMILES string of the molecule is O=C(/C=C/c1cccc(Cl)c1)c1ccc(Nc2nc3ccccc3o2)cc1. The molecule has 0 aliphatic rings. The van der Waals surface area contributed by atoms with E-state index in [1.807, 2.05) is 48.5 Å². The van der Waals surface area contributed by atoms with Gasteiger partial charge in [0.2, 0.25) is 0 Å². The fourth-order valence-corrected chi connectivity index (χ4v) is 2.84. The van der Waals surface area contributed by atoms with E-state index in [2.05, 4.69) is 10.3 Å². The second kappa shape index (κ2) is 7.48. The van der Waals surface area contributed by atoms with E-state index in [9.17, 15) is 4.79 Å². The number of para-hydroxylation sites is 2. The molecule has 4 aromatic rings. The van der Waals surface area contributed by atoms with E-state index >= 15 is 0 Å². The molecule has 0 spiro atoms. The summed E-state index contributed by atoms with van der Waals surface area (Å²) in [6, 6.07) is 22.5. The fraction of sp³-hybridized carbons (Fsp3) is 0. The van der Waals surface area contributed by atoms with Gasteiger partial charge in [-0.15, -0.1) is 0 Å². The quantitative estimate of drug-likeness (QED) is 0.337. The highest BCUT2D eigenvalue weighted by molar-refractivity contribution is 6.30. The summed E-state index contributed by atoms with van der Waals surface area (Å²) in [6.07, 6.45) is 3.29. The zero-order valence-corrected chi connectivity index (χ0v) is 15.0. The Labute approximate surface area is 161 Å². The van der Waals surface area contributed by atoms with Crippen molar-refractivity contribution in [3.8, 4) is 0 Å². The Balaban J connectivity index is 1.45. The van der Waals surface area contributed by atoms with Gasteiger partial charge in [0.1, 0.15) is 5.52 Å². The van der Waals surface area contributed by atoms with Crippen molar-refractivity contribution in [3.63, 3.8) is 0 Å². The van der Waals surface area contributed by atoms with E-state index < -0.39 is 0 Å². The number of hydrogen-bond donors (Lipinski definition) is 1. The summed E-state index contributed by atoms with van der Waals surface area (Å²) < 4.78 is 5.64. The number of nitrogens with zero attached hydrogens (tertiary/aromatic N) is 1. The van der Waals surface area contributed by atoms with Crippen LogP contribution in [0.3, 0.4) is 0 Å². The minimum absolute atomic E-state index is 0.0802. The van der Waals surface area contributed by atoms with Crippen LogP contribution in [0.2, 0.25) is 5.02 Å². The van der Waals surface area contributed by atoms with Gasteiger partial charge in [0, 0.05) is 16.3 Å². The van der Waals surface area contributed by atoms with Crippen molar-refractivity contribution in [3.05, 3.63) is 95.0 Å². The highest BCUT2D eigenvalue weighted by atomic mass is 35.5. The van der Waals surface area contributed by atoms with Gasteiger partial charge in [-0.3, -0.25) is 4.79 Å².